The first-order valence-corrected chi connectivity index (χ1v) is 8.42. The van der Waals surface area contributed by atoms with Crippen molar-refractivity contribution in [3.8, 4) is 6.07 Å². The molecule has 0 amide bonds. The Labute approximate surface area is 130 Å². The summed E-state index contributed by atoms with van der Waals surface area (Å²) >= 11 is 1.59. The second kappa shape index (κ2) is 7.37. The summed E-state index contributed by atoms with van der Waals surface area (Å²) in [6.45, 7) is 3.85. The zero-order valence-corrected chi connectivity index (χ0v) is 13.3. The van der Waals surface area contributed by atoms with E-state index in [4.69, 9.17) is 4.74 Å². The zero-order valence-electron chi connectivity index (χ0n) is 12.5. The highest BCUT2D eigenvalue weighted by molar-refractivity contribution is 7.98. The van der Waals surface area contributed by atoms with Crippen LogP contribution in [0.4, 0.5) is 5.69 Å². The molecular weight excluding hydrogens is 284 g/mol. The Kier molecular flexibility index (Phi) is 5.51. The summed E-state index contributed by atoms with van der Waals surface area (Å²) in [7, 11) is 0. The predicted octanol–water partition coefficient (Wildman–Crippen LogP) is 3.06. The van der Waals surface area contributed by atoms with Crippen LogP contribution >= 0.6 is 11.8 Å². The van der Waals surface area contributed by atoms with Gasteiger partial charge in [-0.2, -0.15) is 5.26 Å². The first-order valence-electron chi connectivity index (χ1n) is 7.20. The smallest absolute Gasteiger partial charge is 0.309 e. The first-order chi connectivity index (χ1) is 10.2. The monoisotopic (exact) mass is 304 g/mol. The van der Waals surface area contributed by atoms with Gasteiger partial charge in [0.25, 0.3) is 0 Å². The number of thioether (sulfide) groups is 1. The van der Waals surface area contributed by atoms with Crippen LogP contribution in [-0.4, -0.2) is 31.9 Å². The van der Waals surface area contributed by atoms with Crippen LogP contribution in [0.2, 0.25) is 0 Å². The van der Waals surface area contributed by atoms with Crippen LogP contribution in [0.1, 0.15) is 25.3 Å². The molecule has 1 aliphatic heterocycles. The van der Waals surface area contributed by atoms with Gasteiger partial charge in [-0.25, -0.2) is 0 Å². The highest BCUT2D eigenvalue weighted by Crippen LogP contribution is 2.31. The van der Waals surface area contributed by atoms with Crippen LogP contribution in [0.25, 0.3) is 0 Å². The van der Waals surface area contributed by atoms with Crippen molar-refractivity contribution in [2.24, 2.45) is 5.92 Å². The lowest BCUT2D eigenvalue weighted by Gasteiger charge is -2.33. The molecule has 0 saturated carbocycles. The molecule has 5 heteroatoms. The third-order valence-corrected chi connectivity index (χ3v) is 4.57. The van der Waals surface area contributed by atoms with E-state index in [1.54, 1.807) is 11.8 Å². The third-order valence-electron chi connectivity index (χ3n) is 3.79. The van der Waals surface area contributed by atoms with Gasteiger partial charge in [-0.15, -0.1) is 11.8 Å². The number of ether oxygens (including phenoxy) is 1. The van der Waals surface area contributed by atoms with E-state index in [1.807, 2.05) is 31.4 Å². The highest BCUT2D eigenvalue weighted by Gasteiger charge is 2.27. The summed E-state index contributed by atoms with van der Waals surface area (Å²) in [6.07, 6.45) is 3.55. The van der Waals surface area contributed by atoms with E-state index < -0.39 is 0 Å². The average molecular weight is 304 g/mol. The summed E-state index contributed by atoms with van der Waals surface area (Å²) < 4.78 is 5.09. The normalized spacial score (nSPS) is 15.6. The summed E-state index contributed by atoms with van der Waals surface area (Å²) in [4.78, 5) is 15.0. The largest absolute Gasteiger partial charge is 0.466 e. The summed E-state index contributed by atoms with van der Waals surface area (Å²) in [6, 6.07) is 8.26. The Morgan fingerprint density at radius 2 is 2.19 bits per heavy atom. The first kappa shape index (κ1) is 15.7. The summed E-state index contributed by atoms with van der Waals surface area (Å²) in [5, 5.41) is 9.41. The van der Waals surface area contributed by atoms with Crippen molar-refractivity contribution in [2.45, 2.75) is 24.7 Å². The molecule has 112 valence electrons. The molecule has 1 aromatic rings. The van der Waals surface area contributed by atoms with Crippen LogP contribution in [-0.2, 0) is 9.53 Å². The lowest BCUT2D eigenvalue weighted by atomic mass is 9.96. The van der Waals surface area contributed by atoms with Gasteiger partial charge in [0, 0.05) is 18.0 Å². The average Bonchev–Trinajstić information content (AvgIpc) is 2.54. The number of piperidine rings is 1. The number of carbonyl (C=O) groups excluding carboxylic acids is 1. The minimum absolute atomic E-state index is 0.00420. The quantitative estimate of drug-likeness (QED) is 0.632. The summed E-state index contributed by atoms with van der Waals surface area (Å²) in [5.74, 6) is -0.0917. The van der Waals surface area contributed by atoms with Crippen molar-refractivity contribution < 1.29 is 9.53 Å². The Hall–Kier alpha value is -1.67. The van der Waals surface area contributed by atoms with Crippen molar-refractivity contribution >= 4 is 23.4 Å². The lowest BCUT2D eigenvalue weighted by Crippen LogP contribution is -2.37. The second-order valence-electron chi connectivity index (χ2n) is 4.98. The van der Waals surface area contributed by atoms with E-state index in [1.165, 1.54) is 0 Å². The topological polar surface area (TPSA) is 53.3 Å². The number of nitrogens with zero attached hydrogens (tertiary/aromatic N) is 2. The van der Waals surface area contributed by atoms with Crippen molar-refractivity contribution in [1.29, 1.82) is 5.26 Å². The van der Waals surface area contributed by atoms with Crippen LogP contribution in [0, 0.1) is 17.2 Å². The van der Waals surface area contributed by atoms with E-state index in [2.05, 4.69) is 11.0 Å². The van der Waals surface area contributed by atoms with Crippen LogP contribution in [0.3, 0.4) is 0 Å². The van der Waals surface area contributed by atoms with Gasteiger partial charge in [-0.05, 0) is 38.2 Å². The van der Waals surface area contributed by atoms with Gasteiger partial charge >= 0.3 is 5.97 Å². The minimum Gasteiger partial charge on any atom is -0.466 e. The van der Waals surface area contributed by atoms with Crippen LogP contribution < -0.4 is 4.90 Å². The maximum absolute atomic E-state index is 11.8. The SMILES string of the molecule is CCOC(=O)C1CCN(c2cccc(SC)c2C#N)CC1. The van der Waals surface area contributed by atoms with Gasteiger partial charge in [-0.1, -0.05) is 6.07 Å². The predicted molar refractivity (Wildman–Crippen MR) is 84.5 cm³/mol. The minimum atomic E-state index is -0.0875. The van der Waals surface area contributed by atoms with E-state index in [-0.39, 0.29) is 11.9 Å². The van der Waals surface area contributed by atoms with E-state index in [0.29, 0.717) is 6.61 Å². The number of benzene rings is 1. The number of hydrogen-bond donors (Lipinski definition) is 0. The Balaban J connectivity index is 2.09. The fourth-order valence-electron chi connectivity index (χ4n) is 2.68. The summed E-state index contributed by atoms with van der Waals surface area (Å²) in [5.41, 5.74) is 1.71. The van der Waals surface area contributed by atoms with Gasteiger partial charge < -0.3 is 9.64 Å². The van der Waals surface area contributed by atoms with Gasteiger partial charge in [0.1, 0.15) is 6.07 Å². The molecule has 0 radical (unpaired) electrons. The molecular formula is C16H20N2O2S. The van der Waals surface area contributed by atoms with Crippen molar-refractivity contribution in [3.05, 3.63) is 23.8 Å². The van der Waals surface area contributed by atoms with Gasteiger partial charge in [-0.3, -0.25) is 4.79 Å². The highest BCUT2D eigenvalue weighted by atomic mass is 32.2. The Morgan fingerprint density at radius 1 is 1.48 bits per heavy atom. The number of hydrogen-bond acceptors (Lipinski definition) is 5. The molecule has 0 spiro atoms. The molecule has 1 aliphatic rings. The molecule has 1 heterocycles. The Morgan fingerprint density at radius 3 is 2.76 bits per heavy atom. The number of nitriles is 1. The molecule has 2 rings (SSSR count). The van der Waals surface area contributed by atoms with E-state index in [0.717, 1.165) is 42.1 Å². The lowest BCUT2D eigenvalue weighted by molar-refractivity contribution is -0.148. The van der Waals surface area contributed by atoms with Crippen LogP contribution in [0.5, 0.6) is 0 Å². The number of esters is 1. The second-order valence-corrected chi connectivity index (χ2v) is 5.83. The third kappa shape index (κ3) is 3.51. The van der Waals surface area contributed by atoms with E-state index in [9.17, 15) is 10.1 Å². The molecule has 0 aliphatic carbocycles. The van der Waals surface area contributed by atoms with Gasteiger partial charge in [0.2, 0.25) is 0 Å². The molecule has 0 aromatic heterocycles. The standard InChI is InChI=1S/C16H20N2O2S/c1-3-20-16(19)12-7-9-18(10-8-12)14-5-4-6-15(21-2)13(14)11-17/h4-6,12H,3,7-10H2,1-2H3. The molecule has 0 bridgehead atoms. The molecule has 0 N–H and O–H groups in total. The number of anilines is 1. The molecule has 1 saturated heterocycles. The molecule has 0 unspecified atom stereocenters. The maximum atomic E-state index is 11.8. The molecule has 0 atom stereocenters. The Bertz CT molecular complexity index is 546. The fourth-order valence-corrected chi connectivity index (χ4v) is 3.25. The van der Waals surface area contributed by atoms with Gasteiger partial charge in [0.05, 0.1) is 23.8 Å². The van der Waals surface area contributed by atoms with Crippen LogP contribution in [0.15, 0.2) is 23.1 Å². The van der Waals surface area contributed by atoms with Crippen molar-refractivity contribution in [2.75, 3.05) is 30.9 Å². The molecule has 21 heavy (non-hydrogen) atoms. The number of rotatable bonds is 4. The van der Waals surface area contributed by atoms with Gasteiger partial charge in [0.15, 0.2) is 0 Å². The zero-order chi connectivity index (χ0) is 15.2. The number of carbonyl (C=O) groups is 1. The molecule has 1 fully saturated rings. The van der Waals surface area contributed by atoms with E-state index >= 15 is 0 Å². The van der Waals surface area contributed by atoms with Crippen molar-refractivity contribution in [3.63, 3.8) is 0 Å². The van der Waals surface area contributed by atoms with Crippen molar-refractivity contribution in [1.82, 2.24) is 0 Å². The molecule has 4 nitrogen and oxygen atoms in total. The maximum Gasteiger partial charge on any atom is 0.309 e. The fraction of sp³-hybridized carbons (Fsp3) is 0.500. The molecule has 1 aromatic carbocycles.